The fourth-order valence-corrected chi connectivity index (χ4v) is 3.67. The van der Waals surface area contributed by atoms with E-state index < -0.39 is 0 Å². The van der Waals surface area contributed by atoms with Gasteiger partial charge in [-0.05, 0) is 12.1 Å². The van der Waals surface area contributed by atoms with Gasteiger partial charge in [0.15, 0.2) is 23.1 Å². The molecule has 0 saturated carbocycles. The number of carbonyl (C=O) groups excluding carboxylic acids is 1. The molecular weight excluding hydrogens is 452 g/mol. The van der Waals surface area contributed by atoms with E-state index in [4.69, 9.17) is 9.47 Å². The molecule has 0 atom stereocenters. The molecule has 13 nitrogen and oxygen atoms in total. The maximum atomic E-state index is 12.5. The van der Waals surface area contributed by atoms with Crippen molar-refractivity contribution in [2.24, 2.45) is 7.05 Å². The van der Waals surface area contributed by atoms with Crippen molar-refractivity contribution in [3.8, 4) is 17.1 Å². The molecule has 1 amide bonds. The number of ether oxygens (including phenoxy) is 2. The summed E-state index contributed by atoms with van der Waals surface area (Å²) >= 11 is 0. The topological polar surface area (TPSA) is 146 Å². The van der Waals surface area contributed by atoms with Crippen molar-refractivity contribution >= 4 is 28.9 Å². The van der Waals surface area contributed by atoms with Gasteiger partial charge in [-0.3, -0.25) is 9.48 Å². The lowest BCUT2D eigenvalue weighted by molar-refractivity contribution is -0.0276. The van der Waals surface area contributed by atoms with Crippen molar-refractivity contribution in [3.05, 3.63) is 48.5 Å². The van der Waals surface area contributed by atoms with Crippen molar-refractivity contribution in [2.45, 2.75) is 6.04 Å². The first-order valence-corrected chi connectivity index (χ1v) is 10.9. The number of benzene rings is 1. The van der Waals surface area contributed by atoms with Crippen LogP contribution >= 0.6 is 0 Å². The SMILES string of the molecule is CNC(=O)c1nnc(Nc2ccnn2C2COC2)cc1Nc1cccc(-c2ncn(C)n2)c1OC. The average Bonchev–Trinajstić information content (AvgIpc) is 3.46. The van der Waals surface area contributed by atoms with Crippen LogP contribution in [0.2, 0.25) is 0 Å². The Labute approximate surface area is 200 Å². The lowest BCUT2D eigenvalue weighted by atomic mass is 10.1. The fourth-order valence-electron chi connectivity index (χ4n) is 3.67. The minimum absolute atomic E-state index is 0.127. The normalized spacial score (nSPS) is 13.2. The van der Waals surface area contributed by atoms with Gasteiger partial charge in [0.2, 0.25) is 0 Å². The lowest BCUT2D eigenvalue weighted by Gasteiger charge is -2.27. The number of amides is 1. The van der Waals surface area contributed by atoms with Crippen LogP contribution in [0.25, 0.3) is 11.4 Å². The standard InChI is InChI=1S/C22H24N10O3/c1-23-22(33)19-16(9-17(28-29-19)27-18-7-8-25-32(18)13-10-35-11-13)26-15-6-4-5-14(20(15)34-3)21-24-12-31(2)30-21/h4-9,12-13H,10-11H2,1-3H3,(H,23,33)(H2,26,27,28). The van der Waals surface area contributed by atoms with Crippen LogP contribution in [0.15, 0.2) is 42.9 Å². The van der Waals surface area contributed by atoms with Gasteiger partial charge in [0.1, 0.15) is 18.2 Å². The second-order valence-electron chi connectivity index (χ2n) is 7.80. The molecule has 4 heterocycles. The van der Waals surface area contributed by atoms with E-state index in [0.717, 1.165) is 5.82 Å². The first-order valence-electron chi connectivity index (χ1n) is 10.9. The van der Waals surface area contributed by atoms with Gasteiger partial charge in [-0.15, -0.1) is 10.2 Å². The predicted octanol–water partition coefficient (Wildman–Crippen LogP) is 1.90. The van der Waals surface area contributed by atoms with Crippen LogP contribution in [-0.2, 0) is 11.8 Å². The molecule has 4 aromatic rings. The highest BCUT2D eigenvalue weighted by Gasteiger charge is 2.24. The molecular formula is C22H24N10O3. The molecule has 1 aliphatic heterocycles. The molecule has 0 spiro atoms. The summed E-state index contributed by atoms with van der Waals surface area (Å²) in [6, 6.07) is 9.25. The number of aromatic nitrogens is 7. The first kappa shape index (κ1) is 22.3. The maximum Gasteiger partial charge on any atom is 0.273 e. The van der Waals surface area contributed by atoms with E-state index in [1.54, 1.807) is 37.4 Å². The van der Waals surface area contributed by atoms with E-state index in [0.29, 0.717) is 47.5 Å². The molecule has 1 aromatic carbocycles. The Bertz CT molecular complexity index is 1360. The van der Waals surface area contributed by atoms with Crippen LogP contribution in [0.5, 0.6) is 5.75 Å². The number of nitrogens with zero attached hydrogens (tertiary/aromatic N) is 7. The summed E-state index contributed by atoms with van der Waals surface area (Å²) in [6.45, 7) is 1.21. The van der Waals surface area contributed by atoms with E-state index in [1.807, 2.05) is 28.9 Å². The van der Waals surface area contributed by atoms with E-state index >= 15 is 0 Å². The van der Waals surface area contributed by atoms with Crippen LogP contribution in [0.1, 0.15) is 16.5 Å². The zero-order valence-corrected chi connectivity index (χ0v) is 19.4. The largest absolute Gasteiger partial charge is 0.494 e. The van der Waals surface area contributed by atoms with Crippen LogP contribution in [-0.4, -0.2) is 68.0 Å². The fraction of sp³-hybridized carbons (Fsp3) is 0.273. The van der Waals surface area contributed by atoms with E-state index in [-0.39, 0.29) is 17.6 Å². The summed E-state index contributed by atoms with van der Waals surface area (Å²) in [4.78, 5) is 16.9. The molecule has 1 saturated heterocycles. The molecule has 1 aliphatic rings. The van der Waals surface area contributed by atoms with Crippen LogP contribution in [0.4, 0.5) is 23.0 Å². The Morgan fingerprint density at radius 2 is 2.03 bits per heavy atom. The molecule has 1 fully saturated rings. The summed E-state index contributed by atoms with van der Waals surface area (Å²) in [5.74, 6) is 1.83. The predicted molar refractivity (Wildman–Crippen MR) is 127 cm³/mol. The van der Waals surface area contributed by atoms with Crippen molar-refractivity contribution < 1.29 is 14.3 Å². The summed E-state index contributed by atoms with van der Waals surface area (Å²) in [7, 11) is 4.89. The van der Waals surface area contributed by atoms with Gasteiger partial charge in [0, 0.05) is 26.2 Å². The summed E-state index contributed by atoms with van der Waals surface area (Å²) in [5, 5.41) is 26.2. The molecule has 5 rings (SSSR count). The second-order valence-corrected chi connectivity index (χ2v) is 7.80. The highest BCUT2D eigenvalue weighted by molar-refractivity contribution is 5.99. The minimum Gasteiger partial charge on any atom is -0.494 e. The third kappa shape index (κ3) is 4.36. The molecule has 180 valence electrons. The lowest BCUT2D eigenvalue weighted by Crippen LogP contribution is -2.32. The van der Waals surface area contributed by atoms with E-state index in [9.17, 15) is 4.79 Å². The van der Waals surface area contributed by atoms with Gasteiger partial charge >= 0.3 is 0 Å². The number of hydrogen-bond acceptors (Lipinski definition) is 10. The van der Waals surface area contributed by atoms with Crippen molar-refractivity contribution in [1.29, 1.82) is 0 Å². The molecule has 3 aromatic heterocycles. The second kappa shape index (κ2) is 9.38. The Hall–Kier alpha value is -4.52. The number of aryl methyl sites for hydroxylation is 1. The number of hydrogen-bond donors (Lipinski definition) is 3. The number of anilines is 4. The Kier molecular flexibility index (Phi) is 5.97. The molecule has 0 radical (unpaired) electrons. The van der Waals surface area contributed by atoms with Gasteiger partial charge < -0.3 is 25.4 Å². The minimum atomic E-state index is -0.385. The Balaban J connectivity index is 1.50. The number of methoxy groups -OCH3 is 1. The molecule has 0 aliphatic carbocycles. The maximum absolute atomic E-state index is 12.5. The first-order chi connectivity index (χ1) is 17.1. The molecule has 0 unspecified atom stereocenters. The van der Waals surface area contributed by atoms with E-state index in [1.165, 1.54) is 7.05 Å². The molecule has 0 bridgehead atoms. The number of nitrogens with one attached hydrogen (secondary N) is 3. The molecule has 3 N–H and O–H groups in total. The molecule has 35 heavy (non-hydrogen) atoms. The van der Waals surface area contributed by atoms with Gasteiger partial charge in [-0.25, -0.2) is 9.67 Å². The Morgan fingerprint density at radius 1 is 1.17 bits per heavy atom. The highest BCUT2D eigenvalue weighted by Crippen LogP contribution is 2.37. The Morgan fingerprint density at radius 3 is 2.71 bits per heavy atom. The zero-order chi connectivity index (χ0) is 24.4. The molecule has 13 heteroatoms. The zero-order valence-electron chi connectivity index (χ0n) is 19.4. The third-order valence-corrected chi connectivity index (χ3v) is 5.46. The number of para-hydroxylation sites is 1. The summed E-state index contributed by atoms with van der Waals surface area (Å²) < 4.78 is 14.4. The van der Waals surface area contributed by atoms with Crippen molar-refractivity contribution in [2.75, 3.05) is 38.0 Å². The van der Waals surface area contributed by atoms with Crippen molar-refractivity contribution in [1.82, 2.24) is 40.1 Å². The average molecular weight is 477 g/mol. The van der Waals surface area contributed by atoms with Crippen molar-refractivity contribution in [3.63, 3.8) is 0 Å². The summed E-state index contributed by atoms with van der Waals surface area (Å²) in [6.07, 6.45) is 3.32. The van der Waals surface area contributed by atoms with Crippen LogP contribution < -0.4 is 20.7 Å². The van der Waals surface area contributed by atoms with Gasteiger partial charge in [0.25, 0.3) is 5.91 Å². The van der Waals surface area contributed by atoms with Gasteiger partial charge in [-0.2, -0.15) is 10.2 Å². The van der Waals surface area contributed by atoms with Crippen LogP contribution in [0, 0.1) is 0 Å². The van der Waals surface area contributed by atoms with Gasteiger partial charge in [-0.1, -0.05) is 6.07 Å². The third-order valence-electron chi connectivity index (χ3n) is 5.46. The highest BCUT2D eigenvalue weighted by atomic mass is 16.5. The van der Waals surface area contributed by atoms with E-state index in [2.05, 4.69) is 41.3 Å². The van der Waals surface area contributed by atoms with Crippen LogP contribution in [0.3, 0.4) is 0 Å². The quantitative estimate of drug-likeness (QED) is 0.344. The van der Waals surface area contributed by atoms with Gasteiger partial charge in [0.05, 0.1) is 43.5 Å². The smallest absolute Gasteiger partial charge is 0.273 e. The summed E-state index contributed by atoms with van der Waals surface area (Å²) in [5.41, 5.74) is 1.87. The number of rotatable bonds is 8. The monoisotopic (exact) mass is 476 g/mol. The number of carbonyl (C=O) groups is 1.